The van der Waals surface area contributed by atoms with Crippen LogP contribution in [0, 0.1) is 18.8 Å². The summed E-state index contributed by atoms with van der Waals surface area (Å²) >= 11 is 5.66. The zero-order valence-electron chi connectivity index (χ0n) is 6.48. The summed E-state index contributed by atoms with van der Waals surface area (Å²) in [4.78, 5) is 0. The van der Waals surface area contributed by atoms with Gasteiger partial charge in [0.15, 0.2) is 0 Å². The summed E-state index contributed by atoms with van der Waals surface area (Å²) in [6, 6.07) is 0. The zero-order chi connectivity index (χ0) is 7.40. The average Bonchev–Trinajstić information content (AvgIpc) is 1.95. The van der Waals surface area contributed by atoms with Crippen LogP contribution in [0.3, 0.4) is 0 Å². The van der Waals surface area contributed by atoms with Crippen LogP contribution in [0.2, 0.25) is 0 Å². The van der Waals surface area contributed by atoms with Crippen molar-refractivity contribution >= 4 is 11.6 Å². The molecule has 1 aliphatic carbocycles. The highest BCUT2D eigenvalue weighted by Crippen LogP contribution is 2.30. The number of hydrogen-bond acceptors (Lipinski definition) is 0. The van der Waals surface area contributed by atoms with E-state index in [0.29, 0.717) is 0 Å². The molecule has 1 radical (unpaired) electrons. The minimum Gasteiger partial charge on any atom is -0.127 e. The highest BCUT2D eigenvalue weighted by Gasteiger charge is 2.16. The minimum atomic E-state index is 0.728. The van der Waals surface area contributed by atoms with Crippen molar-refractivity contribution in [2.24, 2.45) is 11.8 Å². The second-order valence-electron chi connectivity index (χ2n) is 3.36. The first kappa shape index (κ1) is 8.39. The summed E-state index contributed by atoms with van der Waals surface area (Å²) in [7, 11) is 0. The van der Waals surface area contributed by atoms with Crippen LogP contribution >= 0.6 is 11.6 Å². The van der Waals surface area contributed by atoms with E-state index >= 15 is 0 Å². The van der Waals surface area contributed by atoms with Gasteiger partial charge in [0.25, 0.3) is 0 Å². The quantitative estimate of drug-likeness (QED) is 0.543. The molecule has 0 aliphatic heterocycles. The molecular formula is C9H16Cl. The Labute approximate surface area is 69.0 Å². The van der Waals surface area contributed by atoms with Crippen LogP contribution in [0.25, 0.3) is 0 Å². The molecular weight excluding hydrogens is 144 g/mol. The largest absolute Gasteiger partial charge is 0.127 e. The van der Waals surface area contributed by atoms with Gasteiger partial charge in [0.05, 0.1) is 0 Å². The summed E-state index contributed by atoms with van der Waals surface area (Å²) in [6.07, 6.45) is 6.58. The van der Waals surface area contributed by atoms with Crippen LogP contribution < -0.4 is 0 Å². The number of alkyl halides is 1. The summed E-state index contributed by atoms with van der Waals surface area (Å²) in [5, 5.41) is 0. The molecule has 1 saturated carbocycles. The van der Waals surface area contributed by atoms with Crippen LogP contribution in [0.1, 0.15) is 32.1 Å². The topological polar surface area (TPSA) is 0 Å². The van der Waals surface area contributed by atoms with Gasteiger partial charge < -0.3 is 0 Å². The highest BCUT2D eigenvalue weighted by molar-refractivity contribution is 6.17. The third-order valence-electron chi connectivity index (χ3n) is 2.48. The molecule has 0 heterocycles. The van der Waals surface area contributed by atoms with Crippen LogP contribution in [0.15, 0.2) is 0 Å². The van der Waals surface area contributed by atoms with E-state index in [1.807, 2.05) is 0 Å². The van der Waals surface area contributed by atoms with Crippen molar-refractivity contribution in [2.45, 2.75) is 32.1 Å². The van der Waals surface area contributed by atoms with Gasteiger partial charge in [-0.1, -0.05) is 32.6 Å². The normalized spacial score (nSPS) is 34.2. The average molecular weight is 160 g/mol. The van der Waals surface area contributed by atoms with Crippen molar-refractivity contribution in [2.75, 3.05) is 5.88 Å². The Morgan fingerprint density at radius 3 is 2.30 bits per heavy atom. The molecule has 0 aromatic rings. The Balaban J connectivity index is 2.13. The Bertz CT molecular complexity index is 82.7. The van der Waals surface area contributed by atoms with E-state index < -0.39 is 0 Å². The highest BCUT2D eigenvalue weighted by atomic mass is 35.5. The zero-order valence-corrected chi connectivity index (χ0v) is 7.24. The van der Waals surface area contributed by atoms with Gasteiger partial charge in [-0.3, -0.25) is 0 Å². The van der Waals surface area contributed by atoms with Crippen molar-refractivity contribution in [3.63, 3.8) is 0 Å². The second-order valence-corrected chi connectivity index (χ2v) is 3.74. The Morgan fingerprint density at radius 1 is 1.20 bits per heavy atom. The Hall–Kier alpha value is 0.290. The van der Waals surface area contributed by atoms with Crippen LogP contribution in [-0.4, -0.2) is 5.88 Å². The lowest BCUT2D eigenvalue weighted by molar-refractivity contribution is 0.303. The number of hydrogen-bond donors (Lipinski definition) is 0. The van der Waals surface area contributed by atoms with Crippen LogP contribution in [-0.2, 0) is 0 Å². The maximum atomic E-state index is 5.66. The van der Waals surface area contributed by atoms with E-state index in [0.717, 1.165) is 17.7 Å². The molecule has 0 N–H and O–H groups in total. The molecule has 0 amide bonds. The molecule has 59 valence electrons. The van der Waals surface area contributed by atoms with Gasteiger partial charge in [-0.15, -0.1) is 11.6 Å². The third-order valence-corrected chi connectivity index (χ3v) is 2.70. The molecule has 0 spiro atoms. The standard InChI is InChI=1S/C9H16Cl/c1-8-2-4-9(5-3-8)6-7-10/h8-9H,1-7H2. The number of rotatable bonds is 2. The summed E-state index contributed by atoms with van der Waals surface area (Å²) in [5.74, 6) is 2.48. The fourth-order valence-corrected chi connectivity index (χ4v) is 1.98. The van der Waals surface area contributed by atoms with E-state index in [9.17, 15) is 0 Å². The molecule has 0 nitrogen and oxygen atoms in total. The minimum absolute atomic E-state index is 0.728. The van der Waals surface area contributed by atoms with E-state index in [2.05, 4.69) is 6.92 Å². The molecule has 1 aliphatic rings. The van der Waals surface area contributed by atoms with Gasteiger partial charge in [0, 0.05) is 5.88 Å². The molecule has 1 fully saturated rings. The molecule has 1 rings (SSSR count). The van der Waals surface area contributed by atoms with Gasteiger partial charge in [-0.25, -0.2) is 0 Å². The van der Waals surface area contributed by atoms with Gasteiger partial charge >= 0.3 is 0 Å². The van der Waals surface area contributed by atoms with Gasteiger partial charge in [0.1, 0.15) is 0 Å². The summed E-state index contributed by atoms with van der Waals surface area (Å²) in [5.41, 5.74) is 0. The maximum absolute atomic E-state index is 5.66. The molecule has 0 bridgehead atoms. The SMILES string of the molecule is [CH2]C1CCC(CCCl)CC1. The van der Waals surface area contributed by atoms with Gasteiger partial charge in [-0.2, -0.15) is 0 Å². The van der Waals surface area contributed by atoms with Gasteiger partial charge in [0.2, 0.25) is 0 Å². The predicted octanol–water partition coefficient (Wildman–Crippen LogP) is 3.26. The maximum Gasteiger partial charge on any atom is 0.0226 e. The summed E-state index contributed by atoms with van der Waals surface area (Å²) in [6.45, 7) is 4.06. The predicted molar refractivity (Wildman–Crippen MR) is 46.1 cm³/mol. The van der Waals surface area contributed by atoms with E-state index in [4.69, 9.17) is 11.6 Å². The van der Waals surface area contributed by atoms with E-state index in [1.165, 1.54) is 32.1 Å². The third kappa shape index (κ3) is 2.49. The van der Waals surface area contributed by atoms with Crippen LogP contribution in [0.4, 0.5) is 0 Å². The molecule has 0 aromatic carbocycles. The molecule has 0 unspecified atom stereocenters. The molecule has 1 heteroatoms. The smallest absolute Gasteiger partial charge is 0.0226 e. The summed E-state index contributed by atoms with van der Waals surface area (Å²) < 4.78 is 0. The lowest BCUT2D eigenvalue weighted by Gasteiger charge is -2.25. The van der Waals surface area contributed by atoms with Crippen LogP contribution in [0.5, 0.6) is 0 Å². The van der Waals surface area contributed by atoms with Gasteiger partial charge in [-0.05, 0) is 18.3 Å². The second kappa shape index (κ2) is 4.23. The Morgan fingerprint density at radius 2 is 1.80 bits per heavy atom. The molecule has 0 aromatic heterocycles. The van der Waals surface area contributed by atoms with Crippen molar-refractivity contribution in [3.8, 4) is 0 Å². The van der Waals surface area contributed by atoms with E-state index in [1.54, 1.807) is 0 Å². The Kier molecular flexibility index (Phi) is 3.55. The molecule has 0 atom stereocenters. The van der Waals surface area contributed by atoms with Crippen molar-refractivity contribution in [3.05, 3.63) is 6.92 Å². The first-order valence-electron chi connectivity index (χ1n) is 4.22. The van der Waals surface area contributed by atoms with Crippen molar-refractivity contribution in [1.29, 1.82) is 0 Å². The number of halogens is 1. The van der Waals surface area contributed by atoms with Crippen molar-refractivity contribution in [1.82, 2.24) is 0 Å². The van der Waals surface area contributed by atoms with Crippen molar-refractivity contribution < 1.29 is 0 Å². The molecule has 0 saturated heterocycles. The fourth-order valence-electron chi connectivity index (χ4n) is 1.67. The molecule has 10 heavy (non-hydrogen) atoms. The lowest BCUT2D eigenvalue weighted by atomic mass is 9.82. The first-order valence-corrected chi connectivity index (χ1v) is 4.75. The lowest BCUT2D eigenvalue weighted by Crippen LogP contribution is -2.12. The fraction of sp³-hybridized carbons (Fsp3) is 0.889. The first-order chi connectivity index (χ1) is 4.83. The van der Waals surface area contributed by atoms with E-state index in [-0.39, 0.29) is 0 Å². The monoisotopic (exact) mass is 159 g/mol.